The summed E-state index contributed by atoms with van der Waals surface area (Å²) in [6.45, 7) is 0.332. The van der Waals surface area contributed by atoms with E-state index in [2.05, 4.69) is 24.9 Å². The van der Waals surface area contributed by atoms with Crippen LogP contribution in [0.15, 0.2) is 31.0 Å². The number of hydrogen-bond donors (Lipinski definition) is 3. The quantitative estimate of drug-likeness (QED) is 0.293. The van der Waals surface area contributed by atoms with Crippen LogP contribution in [0.5, 0.6) is 5.75 Å². The van der Waals surface area contributed by atoms with E-state index in [0.29, 0.717) is 35.5 Å². The van der Waals surface area contributed by atoms with E-state index in [1.165, 1.54) is 26.0 Å². The fourth-order valence-corrected chi connectivity index (χ4v) is 4.76. The van der Waals surface area contributed by atoms with Crippen LogP contribution in [0.4, 0.5) is 29.1 Å². The van der Waals surface area contributed by atoms with E-state index in [0.717, 1.165) is 12.1 Å². The van der Waals surface area contributed by atoms with Crippen molar-refractivity contribution >= 4 is 22.7 Å². The average molecular weight is 548 g/mol. The predicted octanol–water partition coefficient (Wildman–Crippen LogP) is 2.12. The van der Waals surface area contributed by atoms with Gasteiger partial charge in [-0.05, 0) is 18.9 Å². The number of anilines is 2. The smallest absolute Gasteiger partial charge is 0.265 e. The van der Waals surface area contributed by atoms with Gasteiger partial charge in [0.1, 0.15) is 23.8 Å². The van der Waals surface area contributed by atoms with Gasteiger partial charge in [0.2, 0.25) is 0 Å². The van der Waals surface area contributed by atoms with Crippen LogP contribution >= 0.6 is 0 Å². The van der Waals surface area contributed by atoms with Crippen LogP contribution in [0.25, 0.3) is 22.6 Å². The Bertz CT molecular complexity index is 1520. The molecule has 3 aromatic heterocycles. The summed E-state index contributed by atoms with van der Waals surface area (Å²) in [6, 6.07) is 1.82. The first-order chi connectivity index (χ1) is 18.6. The maximum atomic E-state index is 14.9. The van der Waals surface area contributed by atoms with Gasteiger partial charge in [0.05, 0.1) is 48.7 Å². The lowest BCUT2D eigenvalue weighted by atomic mass is 9.84. The van der Waals surface area contributed by atoms with Crippen LogP contribution in [0, 0.1) is 11.6 Å². The van der Waals surface area contributed by atoms with Gasteiger partial charge < -0.3 is 30.8 Å². The molecule has 0 aliphatic carbocycles. The third kappa shape index (κ3) is 4.90. The molecule has 206 valence electrons. The molecule has 1 aliphatic heterocycles. The molecule has 1 aromatic carbocycles. The highest BCUT2D eigenvalue weighted by Gasteiger charge is 2.43. The molecule has 0 amide bonds. The molecular weight excluding hydrogens is 522 g/mol. The molecule has 4 heterocycles. The molecule has 5 N–H and O–H groups in total. The second-order valence-corrected chi connectivity index (χ2v) is 9.33. The van der Waals surface area contributed by atoms with Crippen LogP contribution in [-0.4, -0.2) is 72.9 Å². The minimum absolute atomic E-state index is 0.0313. The van der Waals surface area contributed by atoms with Gasteiger partial charge in [-0.1, -0.05) is 0 Å². The lowest BCUT2D eigenvalue weighted by Crippen LogP contribution is -2.63. The number of hydrogen-bond acceptors (Lipinski definition) is 10. The van der Waals surface area contributed by atoms with Crippen molar-refractivity contribution in [3.8, 4) is 17.1 Å². The maximum Gasteiger partial charge on any atom is 0.265 e. The topological polar surface area (TPSA) is 154 Å². The maximum absolute atomic E-state index is 14.9. The number of piperidine rings is 1. The number of alkyl halides is 2. The van der Waals surface area contributed by atoms with E-state index in [1.54, 1.807) is 9.47 Å². The second-order valence-electron chi connectivity index (χ2n) is 9.33. The minimum Gasteiger partial charge on any atom is -0.494 e. The third-order valence-electron chi connectivity index (χ3n) is 6.80. The zero-order valence-electron chi connectivity index (χ0n) is 20.7. The Morgan fingerprint density at radius 3 is 2.69 bits per heavy atom. The van der Waals surface area contributed by atoms with Gasteiger partial charge in [0, 0.05) is 19.2 Å². The first-order valence-corrected chi connectivity index (χ1v) is 11.9. The highest BCUT2D eigenvalue weighted by Crippen LogP contribution is 2.33. The molecule has 1 unspecified atom stereocenters. The number of ether oxygens (including phenoxy) is 1. The van der Waals surface area contributed by atoms with Gasteiger partial charge in [-0.25, -0.2) is 42.5 Å². The number of nitrogen functional groups attached to an aromatic ring is 1. The van der Waals surface area contributed by atoms with Gasteiger partial charge in [-0.15, -0.1) is 0 Å². The van der Waals surface area contributed by atoms with E-state index in [4.69, 9.17) is 16.2 Å². The summed E-state index contributed by atoms with van der Waals surface area (Å²) < 4.78 is 62.6. The van der Waals surface area contributed by atoms with E-state index in [1.807, 2.05) is 0 Å². The standard InChI is InChI=1S/C24H25F4N9O2/c1-39-17-6-13(25)12(5-14(17)26)22-31-7-16(36-4-2-3-24(30,9-36)19(38)20(27)28)15(35-22)8-37-11-34-18-21(29)32-10-33-23(18)37/h5-7,10-11,19-20,38H,2-4,8-9,30H2,1H3,(H2,29,32,33)/t19?,24-/m1/s1. The number of benzene rings is 1. The van der Waals surface area contributed by atoms with Crippen molar-refractivity contribution in [3.05, 3.63) is 48.3 Å². The van der Waals surface area contributed by atoms with Crippen LogP contribution in [0.1, 0.15) is 18.5 Å². The number of aliphatic hydroxyl groups excluding tert-OH is 1. The van der Waals surface area contributed by atoms with Crippen LogP contribution in [0.2, 0.25) is 0 Å². The normalized spacial score (nSPS) is 18.6. The number of aromatic nitrogens is 6. The highest BCUT2D eigenvalue weighted by molar-refractivity contribution is 5.81. The number of nitrogens with zero attached hydrogens (tertiary/aromatic N) is 7. The summed E-state index contributed by atoms with van der Waals surface area (Å²) in [6.07, 6.45) is -0.335. The molecule has 1 saturated heterocycles. The summed E-state index contributed by atoms with van der Waals surface area (Å²) in [4.78, 5) is 22.9. The Hall–Kier alpha value is -4.11. The summed E-state index contributed by atoms with van der Waals surface area (Å²) in [5.74, 6) is -1.83. The Kier molecular flexibility index (Phi) is 6.94. The lowest BCUT2D eigenvalue weighted by molar-refractivity contribution is -0.0529. The molecule has 11 nitrogen and oxygen atoms in total. The van der Waals surface area contributed by atoms with Crippen molar-refractivity contribution in [2.45, 2.75) is 37.5 Å². The summed E-state index contributed by atoms with van der Waals surface area (Å²) in [5, 5.41) is 10.1. The summed E-state index contributed by atoms with van der Waals surface area (Å²) >= 11 is 0. The summed E-state index contributed by atoms with van der Waals surface area (Å²) in [7, 11) is 1.22. The van der Waals surface area contributed by atoms with Crippen LogP contribution in [0.3, 0.4) is 0 Å². The number of methoxy groups -OCH3 is 1. The van der Waals surface area contributed by atoms with E-state index < -0.39 is 29.7 Å². The molecule has 1 fully saturated rings. The van der Waals surface area contributed by atoms with Crippen molar-refractivity contribution < 1.29 is 27.4 Å². The molecule has 0 saturated carbocycles. The number of fused-ring (bicyclic) bond motifs is 1. The first kappa shape index (κ1) is 26.5. The van der Waals surface area contributed by atoms with Gasteiger partial charge in [-0.3, -0.25) is 0 Å². The van der Waals surface area contributed by atoms with Crippen LogP contribution in [-0.2, 0) is 6.54 Å². The SMILES string of the molecule is COc1cc(F)c(-c2ncc(N3CCC[C@](N)(C(O)C(F)F)C3)c(Cn3cnc4c(N)ncnc43)n2)cc1F. The number of nitrogens with two attached hydrogens (primary N) is 2. The van der Waals surface area contributed by atoms with E-state index in [-0.39, 0.29) is 42.5 Å². The van der Waals surface area contributed by atoms with E-state index in [9.17, 15) is 22.7 Å². The molecule has 15 heteroatoms. The monoisotopic (exact) mass is 547 g/mol. The first-order valence-electron chi connectivity index (χ1n) is 11.9. The molecule has 5 rings (SSSR count). The molecule has 0 spiro atoms. The van der Waals surface area contributed by atoms with Gasteiger partial charge in [0.25, 0.3) is 6.43 Å². The van der Waals surface area contributed by atoms with E-state index >= 15 is 0 Å². The Balaban J connectivity index is 1.60. The number of halogens is 4. The molecule has 0 bridgehead atoms. The molecular formula is C24H25F4N9O2. The van der Waals surface area contributed by atoms with Crippen LogP contribution < -0.4 is 21.1 Å². The van der Waals surface area contributed by atoms with Gasteiger partial charge in [0.15, 0.2) is 28.9 Å². The highest BCUT2D eigenvalue weighted by atomic mass is 19.3. The van der Waals surface area contributed by atoms with Crippen molar-refractivity contribution in [2.24, 2.45) is 5.73 Å². The third-order valence-corrected chi connectivity index (χ3v) is 6.80. The molecule has 4 aromatic rings. The predicted molar refractivity (Wildman–Crippen MR) is 133 cm³/mol. The summed E-state index contributed by atoms with van der Waals surface area (Å²) in [5.41, 5.74) is 11.8. The van der Waals surface area contributed by atoms with Crippen molar-refractivity contribution in [1.82, 2.24) is 29.5 Å². The van der Waals surface area contributed by atoms with Crippen molar-refractivity contribution in [3.63, 3.8) is 0 Å². The molecule has 0 radical (unpaired) electrons. The van der Waals surface area contributed by atoms with Crippen molar-refractivity contribution in [1.29, 1.82) is 0 Å². The Morgan fingerprint density at radius 2 is 1.95 bits per heavy atom. The van der Waals surface area contributed by atoms with Crippen molar-refractivity contribution in [2.75, 3.05) is 30.8 Å². The number of aliphatic hydroxyl groups is 1. The number of rotatable bonds is 7. The second kappa shape index (κ2) is 10.2. The fraction of sp³-hybridized carbons (Fsp3) is 0.375. The lowest BCUT2D eigenvalue weighted by Gasteiger charge is -2.43. The Labute approximate surface area is 219 Å². The number of imidazole rings is 1. The molecule has 1 aliphatic rings. The fourth-order valence-electron chi connectivity index (χ4n) is 4.76. The van der Waals surface area contributed by atoms with Gasteiger partial charge in [-0.2, -0.15) is 0 Å². The average Bonchev–Trinajstić information content (AvgIpc) is 3.33. The Morgan fingerprint density at radius 1 is 1.15 bits per heavy atom. The largest absolute Gasteiger partial charge is 0.494 e. The minimum atomic E-state index is -3.02. The zero-order valence-corrected chi connectivity index (χ0v) is 20.7. The zero-order chi connectivity index (χ0) is 27.9. The molecule has 2 atom stereocenters. The molecule has 39 heavy (non-hydrogen) atoms. The van der Waals surface area contributed by atoms with Gasteiger partial charge >= 0.3 is 0 Å².